The van der Waals surface area contributed by atoms with E-state index >= 15 is 0 Å². The summed E-state index contributed by atoms with van der Waals surface area (Å²) in [5.41, 5.74) is 1.09. The molecule has 0 saturated carbocycles. The maximum Gasteiger partial charge on any atom is 0.255 e. The fourth-order valence-electron chi connectivity index (χ4n) is 3.95. The lowest BCUT2D eigenvalue weighted by atomic mass is 9.73. The Labute approximate surface area is 139 Å². The highest BCUT2D eigenvalue weighted by molar-refractivity contribution is 5.95. The first-order chi connectivity index (χ1) is 11.7. The van der Waals surface area contributed by atoms with Crippen LogP contribution < -0.4 is 5.32 Å². The third kappa shape index (κ3) is 2.26. The summed E-state index contributed by atoms with van der Waals surface area (Å²) in [5, 5.41) is 10.4. The molecule has 4 rings (SSSR count). The summed E-state index contributed by atoms with van der Waals surface area (Å²) >= 11 is 0. The van der Waals surface area contributed by atoms with E-state index in [1.807, 2.05) is 30.3 Å². The molecule has 3 heterocycles. The lowest BCUT2D eigenvalue weighted by Crippen LogP contribution is -2.38. The first kappa shape index (κ1) is 14.8. The molecule has 0 radical (unpaired) electrons. The SMILES string of the molecule is O=C(c1ccnnc1)N1C[C@@H](c2ccccc2)[C@@]2(CCNC2=O)C1. The number of benzene rings is 1. The monoisotopic (exact) mass is 322 g/mol. The van der Waals surface area contributed by atoms with Gasteiger partial charge in [0.15, 0.2) is 0 Å². The number of likely N-dealkylation sites (tertiary alicyclic amines) is 1. The Morgan fingerprint density at radius 1 is 1.21 bits per heavy atom. The second-order valence-corrected chi connectivity index (χ2v) is 6.44. The number of hydrogen-bond acceptors (Lipinski definition) is 4. The molecular formula is C18H18N4O2. The van der Waals surface area contributed by atoms with Gasteiger partial charge >= 0.3 is 0 Å². The number of nitrogens with zero attached hydrogens (tertiary/aromatic N) is 3. The zero-order valence-electron chi connectivity index (χ0n) is 13.2. The van der Waals surface area contributed by atoms with Crippen molar-refractivity contribution in [2.45, 2.75) is 12.3 Å². The second-order valence-electron chi connectivity index (χ2n) is 6.44. The van der Waals surface area contributed by atoms with Crippen LogP contribution in [0.25, 0.3) is 0 Å². The summed E-state index contributed by atoms with van der Waals surface area (Å²) in [5.74, 6) is -0.0261. The minimum absolute atomic E-state index is 0.0138. The van der Waals surface area contributed by atoms with Crippen LogP contribution in [0.1, 0.15) is 28.3 Å². The van der Waals surface area contributed by atoms with Gasteiger partial charge in [-0.3, -0.25) is 9.59 Å². The molecule has 2 saturated heterocycles. The number of nitrogens with one attached hydrogen (secondary N) is 1. The highest BCUT2D eigenvalue weighted by atomic mass is 16.2. The van der Waals surface area contributed by atoms with Gasteiger partial charge < -0.3 is 10.2 Å². The maximum absolute atomic E-state index is 12.8. The highest BCUT2D eigenvalue weighted by Gasteiger charge is 2.55. The van der Waals surface area contributed by atoms with Crippen molar-refractivity contribution in [1.82, 2.24) is 20.4 Å². The molecule has 2 amide bonds. The van der Waals surface area contributed by atoms with E-state index < -0.39 is 5.41 Å². The highest BCUT2D eigenvalue weighted by Crippen LogP contribution is 2.47. The summed E-state index contributed by atoms with van der Waals surface area (Å²) in [7, 11) is 0. The number of rotatable bonds is 2. The van der Waals surface area contributed by atoms with Gasteiger partial charge in [0, 0.05) is 25.6 Å². The molecule has 2 fully saturated rings. The Morgan fingerprint density at radius 3 is 2.71 bits per heavy atom. The molecule has 0 bridgehead atoms. The summed E-state index contributed by atoms with van der Waals surface area (Å²) in [6.45, 7) is 1.65. The van der Waals surface area contributed by atoms with Gasteiger partial charge in [0.25, 0.3) is 5.91 Å². The van der Waals surface area contributed by atoms with Crippen LogP contribution in [0.4, 0.5) is 0 Å². The molecule has 6 nitrogen and oxygen atoms in total. The first-order valence-electron chi connectivity index (χ1n) is 8.10. The molecule has 1 spiro atoms. The largest absolute Gasteiger partial charge is 0.356 e. The van der Waals surface area contributed by atoms with Crippen molar-refractivity contribution >= 4 is 11.8 Å². The number of aromatic nitrogens is 2. The first-order valence-corrected chi connectivity index (χ1v) is 8.10. The molecule has 6 heteroatoms. The Bertz CT molecular complexity index is 765. The van der Waals surface area contributed by atoms with Gasteiger partial charge in [-0.2, -0.15) is 10.2 Å². The molecule has 1 aromatic heterocycles. The van der Waals surface area contributed by atoms with E-state index in [9.17, 15) is 9.59 Å². The standard InChI is InChI=1S/C18H18N4O2/c23-16(14-6-8-20-21-10-14)22-11-15(13-4-2-1-3-5-13)18(12-22)7-9-19-17(18)24/h1-6,8,10,15H,7,9,11-12H2,(H,19,24)/t15-,18+/m0/s1. The van der Waals surface area contributed by atoms with E-state index in [1.54, 1.807) is 11.0 Å². The van der Waals surface area contributed by atoms with Crippen molar-refractivity contribution in [1.29, 1.82) is 0 Å². The van der Waals surface area contributed by atoms with E-state index in [2.05, 4.69) is 15.5 Å². The van der Waals surface area contributed by atoms with Crippen molar-refractivity contribution in [3.05, 3.63) is 59.9 Å². The minimum Gasteiger partial charge on any atom is -0.356 e. The van der Waals surface area contributed by atoms with E-state index in [4.69, 9.17) is 0 Å². The lowest BCUT2D eigenvalue weighted by molar-refractivity contribution is -0.127. The molecule has 2 aliphatic heterocycles. The Balaban J connectivity index is 1.69. The summed E-state index contributed by atoms with van der Waals surface area (Å²) in [6.07, 6.45) is 3.74. The molecular weight excluding hydrogens is 304 g/mol. The smallest absolute Gasteiger partial charge is 0.255 e. The van der Waals surface area contributed by atoms with Crippen LogP contribution in [0, 0.1) is 5.41 Å². The zero-order valence-corrected chi connectivity index (χ0v) is 13.2. The van der Waals surface area contributed by atoms with Crippen LogP contribution in [0.15, 0.2) is 48.8 Å². The summed E-state index contributed by atoms with van der Waals surface area (Å²) in [6, 6.07) is 11.7. The average Bonchev–Trinajstić information content (AvgIpc) is 3.20. The molecule has 24 heavy (non-hydrogen) atoms. The number of carbonyl (C=O) groups excluding carboxylic acids is 2. The molecule has 0 aliphatic carbocycles. The zero-order chi connectivity index (χ0) is 16.6. The number of hydrogen-bond donors (Lipinski definition) is 1. The number of carbonyl (C=O) groups is 2. The predicted octanol–water partition coefficient (Wildman–Crippen LogP) is 1.22. The Hall–Kier alpha value is -2.76. The van der Waals surface area contributed by atoms with Crippen molar-refractivity contribution in [3.8, 4) is 0 Å². The molecule has 1 N–H and O–H groups in total. The van der Waals surface area contributed by atoms with Gasteiger partial charge in [-0.1, -0.05) is 30.3 Å². The predicted molar refractivity (Wildman–Crippen MR) is 87.2 cm³/mol. The van der Waals surface area contributed by atoms with E-state index in [0.29, 0.717) is 25.2 Å². The second kappa shape index (κ2) is 5.70. The van der Waals surface area contributed by atoms with Crippen LogP contribution in [-0.4, -0.2) is 46.5 Å². The summed E-state index contributed by atoms with van der Waals surface area (Å²) < 4.78 is 0. The molecule has 2 aliphatic rings. The topological polar surface area (TPSA) is 75.2 Å². The number of amides is 2. The maximum atomic E-state index is 12.8. The van der Waals surface area contributed by atoms with Gasteiger partial charge in [0.2, 0.25) is 5.91 Å². The van der Waals surface area contributed by atoms with Gasteiger partial charge in [0.1, 0.15) is 0 Å². The van der Waals surface area contributed by atoms with E-state index in [0.717, 1.165) is 12.0 Å². The fraction of sp³-hybridized carbons (Fsp3) is 0.333. The van der Waals surface area contributed by atoms with Crippen molar-refractivity contribution in [3.63, 3.8) is 0 Å². The van der Waals surface area contributed by atoms with E-state index in [1.165, 1.54) is 12.4 Å². The van der Waals surface area contributed by atoms with Crippen LogP contribution in [0.3, 0.4) is 0 Å². The lowest BCUT2D eigenvalue weighted by Gasteiger charge is -2.27. The van der Waals surface area contributed by atoms with Crippen molar-refractivity contribution in [2.24, 2.45) is 5.41 Å². The quantitative estimate of drug-likeness (QED) is 0.902. The normalized spacial score (nSPS) is 25.9. The van der Waals surface area contributed by atoms with Crippen LogP contribution in [0.5, 0.6) is 0 Å². The third-order valence-electron chi connectivity index (χ3n) is 5.17. The average molecular weight is 322 g/mol. The van der Waals surface area contributed by atoms with Gasteiger partial charge in [-0.25, -0.2) is 0 Å². The van der Waals surface area contributed by atoms with Gasteiger partial charge in [-0.05, 0) is 18.1 Å². The Kier molecular flexibility index (Phi) is 3.52. The molecule has 0 unspecified atom stereocenters. The van der Waals surface area contributed by atoms with Crippen LogP contribution in [0.2, 0.25) is 0 Å². The van der Waals surface area contributed by atoms with Crippen molar-refractivity contribution in [2.75, 3.05) is 19.6 Å². The van der Waals surface area contributed by atoms with Crippen LogP contribution in [-0.2, 0) is 4.79 Å². The van der Waals surface area contributed by atoms with Crippen molar-refractivity contribution < 1.29 is 9.59 Å². The third-order valence-corrected chi connectivity index (χ3v) is 5.17. The van der Waals surface area contributed by atoms with Gasteiger partial charge in [0.05, 0.1) is 23.4 Å². The van der Waals surface area contributed by atoms with Gasteiger partial charge in [-0.15, -0.1) is 0 Å². The summed E-state index contributed by atoms with van der Waals surface area (Å²) in [4.78, 5) is 27.2. The minimum atomic E-state index is -0.530. The van der Waals surface area contributed by atoms with Crippen LogP contribution >= 0.6 is 0 Å². The molecule has 2 atom stereocenters. The fourth-order valence-corrected chi connectivity index (χ4v) is 3.95. The molecule has 122 valence electrons. The Morgan fingerprint density at radius 2 is 2.04 bits per heavy atom. The molecule has 1 aromatic carbocycles. The van der Waals surface area contributed by atoms with E-state index in [-0.39, 0.29) is 17.7 Å². The molecule has 2 aromatic rings.